The third-order valence-corrected chi connectivity index (χ3v) is 3.43. The van der Waals surface area contributed by atoms with E-state index in [1.165, 1.54) is 0 Å². The molecule has 0 spiro atoms. The predicted octanol–water partition coefficient (Wildman–Crippen LogP) is 0.631. The normalized spacial score (nSPS) is 19.6. The molecule has 1 unspecified atom stereocenters. The van der Waals surface area contributed by atoms with E-state index < -0.39 is 0 Å². The molecule has 92 valence electrons. The summed E-state index contributed by atoms with van der Waals surface area (Å²) in [7, 11) is 0. The monoisotopic (exact) mass is 244 g/mol. The van der Waals surface area contributed by atoms with Crippen LogP contribution >= 0.6 is 12.6 Å². The van der Waals surface area contributed by atoms with Gasteiger partial charge in [-0.3, -0.25) is 9.59 Å². The van der Waals surface area contributed by atoms with Crippen LogP contribution in [0.5, 0.6) is 0 Å². The van der Waals surface area contributed by atoms with Crippen molar-refractivity contribution in [1.82, 2.24) is 9.80 Å². The van der Waals surface area contributed by atoms with Crippen LogP contribution in [0.1, 0.15) is 20.8 Å². The van der Waals surface area contributed by atoms with Crippen LogP contribution in [0.25, 0.3) is 0 Å². The van der Waals surface area contributed by atoms with Gasteiger partial charge in [-0.2, -0.15) is 12.6 Å². The molecule has 5 heteroatoms. The molecule has 4 nitrogen and oxygen atoms in total. The van der Waals surface area contributed by atoms with Gasteiger partial charge >= 0.3 is 11.8 Å². The average molecular weight is 244 g/mol. The summed E-state index contributed by atoms with van der Waals surface area (Å²) in [6.07, 6.45) is 0. The number of nitrogens with zero attached hydrogens (tertiary/aromatic N) is 2. The van der Waals surface area contributed by atoms with Crippen LogP contribution in [0.3, 0.4) is 0 Å². The van der Waals surface area contributed by atoms with E-state index in [0.717, 1.165) is 5.75 Å². The Morgan fingerprint density at radius 1 is 1.19 bits per heavy atom. The van der Waals surface area contributed by atoms with Crippen molar-refractivity contribution in [3.05, 3.63) is 0 Å². The van der Waals surface area contributed by atoms with E-state index in [1.54, 1.807) is 9.80 Å². The molecule has 0 bridgehead atoms. The topological polar surface area (TPSA) is 40.6 Å². The van der Waals surface area contributed by atoms with Gasteiger partial charge in [0.05, 0.1) is 0 Å². The van der Waals surface area contributed by atoms with Crippen LogP contribution in [0.15, 0.2) is 0 Å². The second-order valence-corrected chi connectivity index (χ2v) is 5.00. The minimum atomic E-state index is -0.368. The Bertz CT molecular complexity index is 281. The van der Waals surface area contributed by atoms with Gasteiger partial charge in [-0.15, -0.1) is 0 Å². The molecule has 2 amide bonds. The Labute approximate surface area is 102 Å². The van der Waals surface area contributed by atoms with Gasteiger partial charge in [-0.25, -0.2) is 0 Å². The number of thiol groups is 1. The number of piperazine rings is 1. The summed E-state index contributed by atoms with van der Waals surface area (Å²) in [4.78, 5) is 26.8. The predicted molar refractivity (Wildman–Crippen MR) is 66.4 cm³/mol. The van der Waals surface area contributed by atoms with Gasteiger partial charge < -0.3 is 9.80 Å². The highest BCUT2D eigenvalue weighted by Crippen LogP contribution is 2.11. The Kier molecular flexibility index (Phi) is 4.65. The van der Waals surface area contributed by atoms with Crippen LogP contribution < -0.4 is 0 Å². The van der Waals surface area contributed by atoms with Crippen molar-refractivity contribution in [2.45, 2.75) is 26.8 Å². The number of rotatable bonds is 4. The zero-order chi connectivity index (χ0) is 12.3. The smallest absolute Gasteiger partial charge is 0.312 e. The summed E-state index contributed by atoms with van der Waals surface area (Å²) < 4.78 is 0. The van der Waals surface area contributed by atoms with Crippen molar-refractivity contribution < 1.29 is 9.59 Å². The van der Waals surface area contributed by atoms with E-state index in [4.69, 9.17) is 0 Å². The fourth-order valence-corrected chi connectivity index (χ4v) is 1.91. The summed E-state index contributed by atoms with van der Waals surface area (Å²) in [6.45, 7) is 7.79. The molecule has 0 aromatic rings. The lowest BCUT2D eigenvalue weighted by Crippen LogP contribution is -2.57. The van der Waals surface area contributed by atoms with E-state index in [2.05, 4.69) is 12.6 Å². The highest BCUT2D eigenvalue weighted by atomic mass is 32.1. The van der Waals surface area contributed by atoms with Crippen molar-refractivity contribution in [3.8, 4) is 0 Å². The highest BCUT2D eigenvalue weighted by molar-refractivity contribution is 7.80. The molecule has 1 fully saturated rings. The Morgan fingerprint density at radius 3 is 2.31 bits per heavy atom. The molecule has 16 heavy (non-hydrogen) atoms. The van der Waals surface area contributed by atoms with Crippen molar-refractivity contribution in [3.63, 3.8) is 0 Å². The molecule has 0 aliphatic carbocycles. The standard InChI is InChI=1S/C11H20N2O2S/c1-8(2)13-5-4-12(6-9(3)7-16)10(14)11(13)15/h8-9,16H,4-7H2,1-3H3. The summed E-state index contributed by atoms with van der Waals surface area (Å²) in [5, 5.41) is 0. The second-order valence-electron chi connectivity index (χ2n) is 4.63. The van der Waals surface area contributed by atoms with Crippen LogP contribution in [0, 0.1) is 5.92 Å². The van der Waals surface area contributed by atoms with Gasteiger partial charge in [0.1, 0.15) is 0 Å². The fourth-order valence-electron chi connectivity index (χ4n) is 1.79. The molecule has 0 saturated carbocycles. The van der Waals surface area contributed by atoms with Gasteiger partial charge in [0, 0.05) is 25.7 Å². The lowest BCUT2D eigenvalue weighted by Gasteiger charge is -2.36. The maximum atomic E-state index is 11.8. The summed E-state index contributed by atoms with van der Waals surface area (Å²) >= 11 is 4.18. The van der Waals surface area contributed by atoms with Gasteiger partial charge in [-0.05, 0) is 25.5 Å². The van der Waals surface area contributed by atoms with Crippen LogP contribution in [-0.4, -0.2) is 53.0 Å². The number of carbonyl (C=O) groups is 2. The molecule has 0 N–H and O–H groups in total. The molecule has 0 aromatic carbocycles. The van der Waals surface area contributed by atoms with Crippen molar-refractivity contribution in [2.24, 2.45) is 5.92 Å². The molecule has 1 aliphatic rings. The highest BCUT2D eigenvalue weighted by Gasteiger charge is 2.33. The van der Waals surface area contributed by atoms with Crippen molar-refractivity contribution in [2.75, 3.05) is 25.4 Å². The summed E-state index contributed by atoms with van der Waals surface area (Å²) in [5.74, 6) is 0.318. The third kappa shape index (κ3) is 2.90. The molecule has 1 atom stereocenters. The first-order valence-electron chi connectivity index (χ1n) is 5.68. The third-order valence-electron chi connectivity index (χ3n) is 2.81. The van der Waals surface area contributed by atoms with E-state index in [0.29, 0.717) is 25.6 Å². The van der Waals surface area contributed by atoms with Gasteiger partial charge in [0.2, 0.25) is 0 Å². The number of amides is 2. The lowest BCUT2D eigenvalue weighted by molar-refractivity contribution is -0.157. The molecule has 1 saturated heterocycles. The molecule has 1 rings (SSSR count). The Hall–Kier alpha value is -0.710. The first kappa shape index (κ1) is 13.4. The first-order valence-corrected chi connectivity index (χ1v) is 6.31. The maximum Gasteiger partial charge on any atom is 0.312 e. The molecule has 0 radical (unpaired) electrons. The van der Waals surface area contributed by atoms with E-state index in [1.807, 2.05) is 20.8 Å². The van der Waals surface area contributed by atoms with Crippen molar-refractivity contribution in [1.29, 1.82) is 0 Å². The SMILES string of the molecule is CC(CS)CN1CCN(C(C)C)C(=O)C1=O. The molecule has 1 heterocycles. The van der Waals surface area contributed by atoms with Crippen LogP contribution in [-0.2, 0) is 9.59 Å². The lowest BCUT2D eigenvalue weighted by atomic mass is 10.1. The number of hydrogen-bond donors (Lipinski definition) is 1. The average Bonchev–Trinajstić information content (AvgIpc) is 2.24. The first-order chi connectivity index (χ1) is 7.47. The summed E-state index contributed by atoms with van der Waals surface area (Å²) in [6, 6.07) is 0.0981. The number of hydrogen-bond acceptors (Lipinski definition) is 3. The molecule has 0 aromatic heterocycles. The zero-order valence-electron chi connectivity index (χ0n) is 10.1. The van der Waals surface area contributed by atoms with Crippen molar-refractivity contribution >= 4 is 24.4 Å². The van der Waals surface area contributed by atoms with E-state index >= 15 is 0 Å². The maximum absolute atomic E-state index is 11.8. The van der Waals surface area contributed by atoms with Gasteiger partial charge in [0.25, 0.3) is 0 Å². The van der Waals surface area contributed by atoms with Gasteiger partial charge in [-0.1, -0.05) is 6.92 Å². The van der Waals surface area contributed by atoms with E-state index in [9.17, 15) is 9.59 Å². The molecule has 1 aliphatic heterocycles. The Balaban J connectivity index is 2.62. The van der Waals surface area contributed by atoms with Gasteiger partial charge in [0.15, 0.2) is 0 Å². The van der Waals surface area contributed by atoms with Crippen LogP contribution in [0.4, 0.5) is 0 Å². The molecular weight excluding hydrogens is 224 g/mol. The number of carbonyl (C=O) groups excluding carboxylic acids is 2. The minimum Gasteiger partial charge on any atom is -0.332 e. The van der Waals surface area contributed by atoms with E-state index in [-0.39, 0.29) is 17.9 Å². The quantitative estimate of drug-likeness (QED) is 0.582. The summed E-state index contributed by atoms with van der Waals surface area (Å²) in [5.41, 5.74) is 0. The van der Waals surface area contributed by atoms with Crippen LogP contribution in [0.2, 0.25) is 0 Å². The Morgan fingerprint density at radius 2 is 1.81 bits per heavy atom. The minimum absolute atomic E-state index is 0.0981. The fraction of sp³-hybridized carbons (Fsp3) is 0.818. The molecular formula is C11H20N2O2S. The largest absolute Gasteiger partial charge is 0.332 e. The zero-order valence-corrected chi connectivity index (χ0v) is 11.0. The second kappa shape index (κ2) is 5.57.